The van der Waals surface area contributed by atoms with E-state index in [0.717, 1.165) is 23.5 Å². The Hall–Kier alpha value is -1.77. The molecule has 2 aromatic rings. The lowest BCUT2D eigenvalue weighted by atomic mass is 9.95. The minimum atomic E-state index is 0.770. The molecule has 0 atom stereocenters. The maximum absolute atomic E-state index is 6.08. The summed E-state index contributed by atoms with van der Waals surface area (Å²) < 4.78 is 1.77. The molecule has 0 spiro atoms. The molecule has 3 nitrogen and oxygen atoms in total. The van der Waals surface area contributed by atoms with Crippen molar-refractivity contribution in [1.29, 1.82) is 0 Å². The predicted molar refractivity (Wildman–Crippen MR) is 76.6 cm³/mol. The molecule has 0 amide bonds. The van der Waals surface area contributed by atoms with E-state index in [9.17, 15) is 0 Å². The van der Waals surface area contributed by atoms with Crippen LogP contribution in [0.15, 0.2) is 12.1 Å². The molecular weight excluding hydrogens is 222 g/mol. The van der Waals surface area contributed by atoms with Crippen molar-refractivity contribution in [1.82, 2.24) is 9.78 Å². The number of aromatic nitrogens is 2. The summed E-state index contributed by atoms with van der Waals surface area (Å²) in [7, 11) is 1.90. The molecule has 96 valence electrons. The second-order valence-corrected chi connectivity index (χ2v) is 4.96. The Morgan fingerprint density at radius 1 is 1.17 bits per heavy atom. The van der Waals surface area contributed by atoms with E-state index in [-0.39, 0.29) is 0 Å². The van der Waals surface area contributed by atoms with Crippen LogP contribution in [0.1, 0.15) is 29.2 Å². The fourth-order valence-corrected chi connectivity index (χ4v) is 2.68. The maximum Gasteiger partial charge on any atom is 0.125 e. The number of aryl methyl sites for hydroxylation is 4. The van der Waals surface area contributed by atoms with Crippen molar-refractivity contribution < 1.29 is 0 Å². The summed E-state index contributed by atoms with van der Waals surface area (Å²) in [5.74, 6) is 0.770. The highest BCUT2D eigenvalue weighted by Gasteiger charge is 2.17. The highest BCUT2D eigenvalue weighted by molar-refractivity contribution is 5.74. The molecule has 0 aliphatic heterocycles. The Morgan fingerprint density at radius 3 is 2.22 bits per heavy atom. The van der Waals surface area contributed by atoms with Gasteiger partial charge in [0.05, 0.1) is 5.69 Å². The lowest BCUT2D eigenvalue weighted by Gasteiger charge is -2.10. The van der Waals surface area contributed by atoms with Gasteiger partial charge in [-0.1, -0.05) is 24.6 Å². The van der Waals surface area contributed by atoms with Crippen molar-refractivity contribution in [2.45, 2.75) is 34.1 Å². The van der Waals surface area contributed by atoms with Crippen LogP contribution in [0.2, 0.25) is 0 Å². The van der Waals surface area contributed by atoms with Gasteiger partial charge in [0.15, 0.2) is 0 Å². The molecule has 1 heterocycles. The number of nitrogens with two attached hydrogens (primary N) is 1. The van der Waals surface area contributed by atoms with Crippen LogP contribution in [0.4, 0.5) is 5.82 Å². The van der Waals surface area contributed by atoms with Gasteiger partial charge < -0.3 is 5.73 Å². The Balaban J connectivity index is 2.73. The molecule has 0 saturated carbocycles. The van der Waals surface area contributed by atoms with Crippen molar-refractivity contribution in [2.24, 2.45) is 7.05 Å². The third-order valence-corrected chi connectivity index (χ3v) is 3.46. The van der Waals surface area contributed by atoms with Crippen LogP contribution in [-0.4, -0.2) is 9.78 Å². The molecule has 0 radical (unpaired) electrons. The molecule has 3 heteroatoms. The second-order valence-electron chi connectivity index (χ2n) is 4.96. The average Bonchev–Trinajstić information content (AvgIpc) is 2.53. The molecule has 0 fully saturated rings. The summed E-state index contributed by atoms with van der Waals surface area (Å²) in [6.45, 7) is 8.52. The number of hydrogen-bond donors (Lipinski definition) is 1. The number of benzene rings is 1. The van der Waals surface area contributed by atoms with E-state index in [0.29, 0.717) is 0 Å². The topological polar surface area (TPSA) is 43.8 Å². The standard InChI is InChI=1S/C15H21N3/c1-6-12-14(17-18(5)15(12)16)13-10(3)7-9(2)8-11(13)4/h7-8H,6,16H2,1-5H3. The first kappa shape index (κ1) is 12.7. The molecule has 0 aliphatic carbocycles. The van der Waals surface area contributed by atoms with Gasteiger partial charge in [0, 0.05) is 18.2 Å². The van der Waals surface area contributed by atoms with Gasteiger partial charge in [-0.25, -0.2) is 0 Å². The van der Waals surface area contributed by atoms with Crippen LogP contribution in [0.25, 0.3) is 11.3 Å². The van der Waals surface area contributed by atoms with Crippen LogP contribution in [0.3, 0.4) is 0 Å². The summed E-state index contributed by atoms with van der Waals surface area (Å²) in [6, 6.07) is 4.40. The molecule has 1 aromatic heterocycles. The summed E-state index contributed by atoms with van der Waals surface area (Å²) in [5, 5.41) is 4.59. The quantitative estimate of drug-likeness (QED) is 0.880. The molecule has 2 N–H and O–H groups in total. The smallest absolute Gasteiger partial charge is 0.125 e. The van der Waals surface area contributed by atoms with Crippen molar-refractivity contribution in [3.8, 4) is 11.3 Å². The van der Waals surface area contributed by atoms with Crippen molar-refractivity contribution in [3.05, 3.63) is 34.4 Å². The van der Waals surface area contributed by atoms with Gasteiger partial charge in [-0.05, 0) is 38.3 Å². The SMILES string of the molecule is CCc1c(-c2c(C)cc(C)cc2C)nn(C)c1N. The van der Waals surface area contributed by atoms with Crippen LogP contribution in [0.5, 0.6) is 0 Å². The van der Waals surface area contributed by atoms with Crippen LogP contribution in [-0.2, 0) is 13.5 Å². The predicted octanol–water partition coefficient (Wildman–Crippen LogP) is 3.16. The highest BCUT2D eigenvalue weighted by Crippen LogP contribution is 2.32. The summed E-state index contributed by atoms with van der Waals surface area (Å²) >= 11 is 0. The number of anilines is 1. The number of nitrogens with zero attached hydrogens (tertiary/aromatic N) is 2. The Bertz CT molecular complexity index is 571. The minimum Gasteiger partial charge on any atom is -0.384 e. The van der Waals surface area contributed by atoms with Crippen molar-refractivity contribution in [3.63, 3.8) is 0 Å². The van der Waals surface area contributed by atoms with Gasteiger partial charge in [-0.2, -0.15) is 5.10 Å². The molecule has 0 aliphatic rings. The fraction of sp³-hybridized carbons (Fsp3) is 0.400. The highest BCUT2D eigenvalue weighted by atomic mass is 15.3. The van der Waals surface area contributed by atoms with Gasteiger partial charge in [0.2, 0.25) is 0 Å². The first-order valence-electron chi connectivity index (χ1n) is 6.35. The number of hydrogen-bond acceptors (Lipinski definition) is 2. The van der Waals surface area contributed by atoms with Crippen molar-refractivity contribution >= 4 is 5.82 Å². The van der Waals surface area contributed by atoms with Crippen LogP contribution >= 0.6 is 0 Å². The first-order chi connectivity index (χ1) is 8.45. The van der Waals surface area contributed by atoms with E-state index in [2.05, 4.69) is 44.9 Å². The molecule has 0 bridgehead atoms. The Morgan fingerprint density at radius 2 is 1.72 bits per heavy atom. The van der Waals surface area contributed by atoms with Gasteiger partial charge in [0.1, 0.15) is 5.82 Å². The van der Waals surface area contributed by atoms with E-state index < -0.39 is 0 Å². The molecule has 0 unspecified atom stereocenters. The maximum atomic E-state index is 6.08. The van der Waals surface area contributed by atoms with Gasteiger partial charge in [0.25, 0.3) is 0 Å². The average molecular weight is 243 g/mol. The zero-order valence-corrected chi connectivity index (χ0v) is 11.8. The monoisotopic (exact) mass is 243 g/mol. The van der Waals surface area contributed by atoms with E-state index in [4.69, 9.17) is 5.73 Å². The first-order valence-corrected chi connectivity index (χ1v) is 6.35. The summed E-state index contributed by atoms with van der Waals surface area (Å²) in [5.41, 5.74) is 13.3. The Kier molecular flexibility index (Phi) is 3.16. The minimum absolute atomic E-state index is 0.770. The third-order valence-electron chi connectivity index (χ3n) is 3.46. The zero-order valence-electron chi connectivity index (χ0n) is 11.8. The molecule has 1 aromatic carbocycles. The van der Waals surface area contributed by atoms with E-state index in [1.54, 1.807) is 4.68 Å². The number of rotatable bonds is 2. The van der Waals surface area contributed by atoms with Crippen molar-refractivity contribution in [2.75, 3.05) is 5.73 Å². The van der Waals surface area contributed by atoms with Gasteiger partial charge in [-0.3, -0.25) is 4.68 Å². The lowest BCUT2D eigenvalue weighted by molar-refractivity contribution is 0.781. The molecular formula is C15H21N3. The molecule has 0 saturated heterocycles. The largest absolute Gasteiger partial charge is 0.384 e. The van der Waals surface area contributed by atoms with Gasteiger partial charge >= 0.3 is 0 Å². The van der Waals surface area contributed by atoms with E-state index in [1.165, 1.54) is 22.3 Å². The summed E-state index contributed by atoms with van der Waals surface area (Å²) in [4.78, 5) is 0. The van der Waals surface area contributed by atoms with E-state index >= 15 is 0 Å². The normalized spacial score (nSPS) is 10.9. The lowest BCUT2D eigenvalue weighted by Crippen LogP contribution is -1.98. The third kappa shape index (κ3) is 1.90. The fourth-order valence-electron chi connectivity index (χ4n) is 2.68. The second kappa shape index (κ2) is 4.48. The Labute approximate surface area is 109 Å². The zero-order chi connectivity index (χ0) is 13.4. The molecule has 18 heavy (non-hydrogen) atoms. The number of nitrogen functional groups attached to an aromatic ring is 1. The van der Waals surface area contributed by atoms with E-state index in [1.807, 2.05) is 7.05 Å². The summed E-state index contributed by atoms with van der Waals surface area (Å²) in [6.07, 6.45) is 0.905. The van der Waals surface area contributed by atoms with Crippen LogP contribution in [0, 0.1) is 20.8 Å². The van der Waals surface area contributed by atoms with Crippen LogP contribution < -0.4 is 5.73 Å². The van der Waals surface area contributed by atoms with Gasteiger partial charge in [-0.15, -0.1) is 0 Å². The molecule has 2 rings (SSSR count).